The summed E-state index contributed by atoms with van der Waals surface area (Å²) in [7, 11) is 0. The van der Waals surface area contributed by atoms with Gasteiger partial charge in [0.2, 0.25) is 5.88 Å². The van der Waals surface area contributed by atoms with E-state index in [1.807, 2.05) is 32.0 Å². The summed E-state index contributed by atoms with van der Waals surface area (Å²) in [5, 5.41) is 3.78. The maximum Gasteiger partial charge on any atom is 0.439 e. The van der Waals surface area contributed by atoms with E-state index in [4.69, 9.17) is 9.72 Å². The van der Waals surface area contributed by atoms with Crippen molar-refractivity contribution in [3.05, 3.63) is 105 Å². The average molecular weight is 607 g/mol. The number of aromatic amines is 1. The van der Waals surface area contributed by atoms with E-state index < -0.39 is 11.6 Å². The maximum absolute atomic E-state index is 15.6. The molecule has 0 unspecified atom stereocenters. The second-order valence-corrected chi connectivity index (χ2v) is 10.6. The van der Waals surface area contributed by atoms with Crippen LogP contribution in [0.15, 0.2) is 74.9 Å². The van der Waals surface area contributed by atoms with Gasteiger partial charge in [-0.1, -0.05) is 48.5 Å². The Kier molecular flexibility index (Phi) is 9.87. The fraction of sp³-hybridized carbons (Fsp3) is 0.281. The molecule has 6 rings (SSSR count). The van der Waals surface area contributed by atoms with E-state index in [0.717, 1.165) is 6.42 Å². The van der Waals surface area contributed by atoms with Crippen LogP contribution in [0.25, 0.3) is 33.6 Å². The van der Waals surface area contributed by atoms with E-state index >= 15 is 4.39 Å². The van der Waals surface area contributed by atoms with E-state index in [-0.39, 0.29) is 69.3 Å². The van der Waals surface area contributed by atoms with Crippen molar-refractivity contribution in [2.45, 2.75) is 46.1 Å². The number of nitrogens with zero attached hydrogens (tertiary/aromatic N) is 4. The van der Waals surface area contributed by atoms with Gasteiger partial charge in [0.1, 0.15) is 11.6 Å². The van der Waals surface area contributed by atoms with Crippen LogP contribution in [0, 0.1) is 18.7 Å². The van der Waals surface area contributed by atoms with Gasteiger partial charge >= 0.3 is 5.76 Å². The van der Waals surface area contributed by atoms with E-state index in [2.05, 4.69) is 19.6 Å². The molecule has 0 aliphatic heterocycles. The molecule has 0 amide bonds. The molecule has 1 aliphatic carbocycles. The van der Waals surface area contributed by atoms with Crippen LogP contribution in [0.4, 0.5) is 4.39 Å². The van der Waals surface area contributed by atoms with Gasteiger partial charge < -0.3 is 4.74 Å². The Hall–Kier alpha value is -3.22. The Morgan fingerprint density at radius 1 is 1.07 bits per heavy atom. The van der Waals surface area contributed by atoms with Gasteiger partial charge in [-0.05, 0) is 55.4 Å². The molecule has 1 aliphatic rings. The van der Waals surface area contributed by atoms with E-state index in [1.165, 1.54) is 18.9 Å². The van der Waals surface area contributed by atoms with E-state index in [1.54, 1.807) is 41.1 Å². The fourth-order valence-electron chi connectivity index (χ4n) is 5.03. The molecule has 9 nitrogen and oxygen atoms in total. The molecular formula is C32H30FKN5O4. The minimum absolute atomic E-state index is 0. The Labute approximate surface area is 290 Å². The third-order valence-electron chi connectivity index (χ3n) is 7.41. The number of benzene rings is 2. The van der Waals surface area contributed by atoms with Crippen molar-refractivity contribution in [2.24, 2.45) is 5.92 Å². The number of nitrogens with one attached hydrogen (secondary N) is 1. The Morgan fingerprint density at radius 2 is 1.84 bits per heavy atom. The molecule has 2 aromatic carbocycles. The molecule has 1 N–H and O–H groups in total. The molecule has 1 radical (unpaired) electrons. The second kappa shape index (κ2) is 13.6. The summed E-state index contributed by atoms with van der Waals surface area (Å²) in [6.45, 7) is 4.50. The molecular weight excluding hydrogens is 576 g/mol. The van der Waals surface area contributed by atoms with Gasteiger partial charge in [0.05, 0.1) is 24.4 Å². The predicted molar refractivity (Wildman–Crippen MR) is 161 cm³/mol. The van der Waals surface area contributed by atoms with Gasteiger partial charge in [0, 0.05) is 86.8 Å². The van der Waals surface area contributed by atoms with Gasteiger partial charge in [-0.2, -0.15) is 0 Å². The Morgan fingerprint density at radius 3 is 2.49 bits per heavy atom. The quantitative estimate of drug-likeness (QED) is 0.218. The summed E-state index contributed by atoms with van der Waals surface area (Å²) in [5.41, 5.74) is 3.64. The normalized spacial score (nSPS) is 12.6. The summed E-state index contributed by atoms with van der Waals surface area (Å²) in [4.78, 5) is 37.1. The number of halogens is 1. The first-order valence-corrected chi connectivity index (χ1v) is 14.0. The first kappa shape index (κ1) is 31.2. The number of hydrogen-bond acceptors (Lipinski definition) is 7. The number of H-pyrrole nitrogens is 1. The number of aromatic nitrogens is 5. The number of aryl methyl sites for hydroxylation is 2. The number of ether oxygens (including phenoxy) is 1. The minimum Gasteiger partial charge on any atom is -0.477 e. The first-order chi connectivity index (χ1) is 20.4. The summed E-state index contributed by atoms with van der Waals surface area (Å²) < 4.78 is 27.6. The van der Waals surface area contributed by atoms with Gasteiger partial charge in [-0.25, -0.2) is 19.2 Å². The molecule has 0 atom stereocenters. The van der Waals surface area contributed by atoms with Crippen LogP contribution in [0.2, 0.25) is 0 Å². The molecule has 3 aromatic heterocycles. The molecule has 0 spiro atoms. The van der Waals surface area contributed by atoms with Crippen molar-refractivity contribution in [3.63, 3.8) is 0 Å². The van der Waals surface area contributed by atoms with Crippen LogP contribution in [-0.4, -0.2) is 82.7 Å². The SMILES string of the molecule is CCCc1nc(C)c(-c2ccc(OCC3CC3)nc2)c(=O)n1Cc1ccc(-c2ccccc2-c2noc(=O)[nH]2)cc1F.[K]. The van der Waals surface area contributed by atoms with E-state index in [9.17, 15) is 9.59 Å². The van der Waals surface area contributed by atoms with E-state index in [0.29, 0.717) is 69.7 Å². The predicted octanol–water partition coefficient (Wildman–Crippen LogP) is 5.17. The smallest absolute Gasteiger partial charge is 0.439 e. The molecule has 215 valence electrons. The van der Waals surface area contributed by atoms with Crippen molar-refractivity contribution >= 4 is 51.4 Å². The molecule has 43 heavy (non-hydrogen) atoms. The Balaban J connectivity index is 0.00000368. The monoisotopic (exact) mass is 606 g/mol. The number of pyridine rings is 1. The first-order valence-electron chi connectivity index (χ1n) is 14.0. The van der Waals surface area contributed by atoms with Gasteiger partial charge in [0.15, 0.2) is 5.82 Å². The van der Waals surface area contributed by atoms with Crippen LogP contribution < -0.4 is 16.1 Å². The van der Waals surface area contributed by atoms with Crippen LogP contribution in [0.3, 0.4) is 0 Å². The zero-order valence-corrected chi connectivity index (χ0v) is 27.5. The van der Waals surface area contributed by atoms with Crippen molar-refractivity contribution in [3.8, 4) is 39.5 Å². The minimum atomic E-state index is -0.672. The molecule has 0 saturated heterocycles. The summed E-state index contributed by atoms with van der Waals surface area (Å²) in [6, 6.07) is 15.7. The Bertz CT molecular complexity index is 1860. The molecule has 5 aromatic rings. The number of rotatable bonds is 10. The van der Waals surface area contributed by atoms with Crippen LogP contribution >= 0.6 is 0 Å². The van der Waals surface area contributed by atoms with Crippen molar-refractivity contribution < 1.29 is 13.7 Å². The van der Waals surface area contributed by atoms with Gasteiger partial charge in [0.25, 0.3) is 5.56 Å². The second-order valence-electron chi connectivity index (χ2n) is 10.6. The third kappa shape index (κ3) is 6.96. The zero-order valence-electron chi connectivity index (χ0n) is 24.4. The summed E-state index contributed by atoms with van der Waals surface area (Å²) >= 11 is 0. The standard InChI is InChI=1S/C32H30FN5O4.K/c1-3-6-27-35-19(2)29(22-13-14-28(34-16-22)41-18-20-9-10-20)31(39)38(27)17-23-12-11-21(15-26(23)33)24-7-4-5-8-25(24)30-36-32(40)42-37-30;/h4-5,7-8,11-16,20H,3,6,9-10,17-18H2,1-2H3,(H,36,37,40);. The molecule has 3 heterocycles. The van der Waals surface area contributed by atoms with Crippen LogP contribution in [0.1, 0.15) is 43.3 Å². The molecule has 11 heteroatoms. The largest absolute Gasteiger partial charge is 0.477 e. The summed E-state index contributed by atoms with van der Waals surface area (Å²) in [6.07, 6.45) is 5.36. The van der Waals surface area contributed by atoms with Gasteiger partial charge in [-0.3, -0.25) is 18.9 Å². The van der Waals surface area contributed by atoms with Gasteiger partial charge in [-0.15, -0.1) is 0 Å². The van der Waals surface area contributed by atoms with Crippen LogP contribution in [0.5, 0.6) is 5.88 Å². The molecule has 0 bridgehead atoms. The summed E-state index contributed by atoms with van der Waals surface area (Å²) in [5.74, 6) is 0.855. The maximum atomic E-state index is 15.6. The zero-order chi connectivity index (χ0) is 29.2. The third-order valence-corrected chi connectivity index (χ3v) is 7.41. The van der Waals surface area contributed by atoms with Crippen LogP contribution in [-0.2, 0) is 13.0 Å². The molecule has 1 saturated carbocycles. The van der Waals surface area contributed by atoms with Crippen molar-refractivity contribution in [1.29, 1.82) is 0 Å². The van der Waals surface area contributed by atoms with Crippen molar-refractivity contribution in [2.75, 3.05) is 6.61 Å². The fourth-order valence-corrected chi connectivity index (χ4v) is 5.03. The van der Waals surface area contributed by atoms with Crippen molar-refractivity contribution in [1.82, 2.24) is 24.7 Å². The number of hydrogen-bond donors (Lipinski definition) is 1. The molecule has 1 fully saturated rings. The average Bonchev–Trinajstić information content (AvgIpc) is 3.73. The topological polar surface area (TPSA) is 116 Å².